The molecule has 11 heteroatoms. The number of carbonyl (C=O) groups excluding carboxylic acids is 2. The Balaban J connectivity index is 1.79. The van der Waals surface area contributed by atoms with Gasteiger partial charge in [-0.15, -0.1) is 0 Å². The SMILES string of the molecule is CCS(=O)(=O)c1ncc(Cl)c(C(=O)Nc2c(C(=O)c3ccc(F)cc3)oc3ccccc23)n1. The lowest BCUT2D eigenvalue weighted by atomic mass is 10.1. The van der Waals surface area contributed by atoms with Gasteiger partial charge < -0.3 is 9.73 Å². The van der Waals surface area contributed by atoms with Crippen LogP contribution in [0.5, 0.6) is 0 Å². The van der Waals surface area contributed by atoms with Crippen LogP contribution in [0.2, 0.25) is 5.02 Å². The molecular formula is C22H15ClFN3O5S. The first-order chi connectivity index (χ1) is 15.7. The molecule has 2 aromatic heterocycles. The summed E-state index contributed by atoms with van der Waals surface area (Å²) >= 11 is 6.05. The van der Waals surface area contributed by atoms with E-state index in [1.807, 2.05) is 0 Å². The number of anilines is 1. The van der Waals surface area contributed by atoms with Crippen molar-refractivity contribution in [1.82, 2.24) is 9.97 Å². The zero-order chi connectivity index (χ0) is 23.8. The molecule has 2 heterocycles. The van der Waals surface area contributed by atoms with Gasteiger partial charge in [0.05, 0.1) is 22.7 Å². The maximum absolute atomic E-state index is 13.3. The van der Waals surface area contributed by atoms with Crippen molar-refractivity contribution < 1.29 is 26.8 Å². The molecule has 0 saturated carbocycles. The molecule has 8 nitrogen and oxygen atoms in total. The van der Waals surface area contributed by atoms with E-state index in [9.17, 15) is 22.4 Å². The Morgan fingerprint density at radius 2 is 1.82 bits per heavy atom. The Bertz CT molecular complexity index is 1500. The summed E-state index contributed by atoms with van der Waals surface area (Å²) in [4.78, 5) is 33.6. The molecule has 0 fully saturated rings. The zero-order valence-corrected chi connectivity index (χ0v) is 18.6. The highest BCUT2D eigenvalue weighted by Gasteiger charge is 2.26. The minimum absolute atomic E-state index is 0.0412. The molecule has 2 aromatic carbocycles. The van der Waals surface area contributed by atoms with Gasteiger partial charge in [0, 0.05) is 10.9 Å². The number of hydrogen-bond donors (Lipinski definition) is 1. The molecule has 0 saturated heterocycles. The molecule has 1 N–H and O–H groups in total. The Hall–Kier alpha value is -3.63. The van der Waals surface area contributed by atoms with E-state index in [1.165, 1.54) is 19.1 Å². The highest BCUT2D eigenvalue weighted by molar-refractivity contribution is 7.91. The van der Waals surface area contributed by atoms with Crippen LogP contribution in [0.15, 0.2) is 64.3 Å². The number of amides is 1. The normalized spacial score (nSPS) is 11.5. The number of halogens is 2. The number of sulfone groups is 1. The first-order valence-electron chi connectivity index (χ1n) is 9.59. The number of para-hydroxylation sites is 1. The van der Waals surface area contributed by atoms with Crippen LogP contribution < -0.4 is 5.32 Å². The summed E-state index contributed by atoms with van der Waals surface area (Å²) in [5, 5.41) is 2.25. The number of aromatic nitrogens is 2. The number of hydrogen-bond acceptors (Lipinski definition) is 7. The van der Waals surface area contributed by atoms with E-state index in [0.29, 0.717) is 11.0 Å². The molecule has 0 bridgehead atoms. The molecule has 33 heavy (non-hydrogen) atoms. The molecule has 168 valence electrons. The van der Waals surface area contributed by atoms with Crippen molar-refractivity contribution in [2.75, 3.05) is 11.1 Å². The van der Waals surface area contributed by atoms with E-state index in [0.717, 1.165) is 18.3 Å². The van der Waals surface area contributed by atoms with Gasteiger partial charge in [-0.3, -0.25) is 9.59 Å². The van der Waals surface area contributed by atoms with Crippen LogP contribution in [0.4, 0.5) is 10.1 Å². The van der Waals surface area contributed by atoms with Crippen molar-refractivity contribution in [3.05, 3.63) is 82.6 Å². The zero-order valence-electron chi connectivity index (χ0n) is 17.0. The van der Waals surface area contributed by atoms with Gasteiger partial charge in [-0.25, -0.2) is 22.8 Å². The largest absolute Gasteiger partial charge is 0.450 e. The smallest absolute Gasteiger partial charge is 0.276 e. The standard InChI is InChI=1S/C22H15ClFN3O5S/c1-2-33(30,31)22-25-11-15(23)18(27-22)21(29)26-17-14-5-3-4-6-16(14)32-20(17)19(28)12-7-9-13(24)10-8-12/h3-11H,2H2,1H3,(H,26,29). The molecule has 4 aromatic rings. The topological polar surface area (TPSA) is 119 Å². The molecule has 0 aliphatic carbocycles. The van der Waals surface area contributed by atoms with Crippen LogP contribution in [0, 0.1) is 5.82 Å². The average Bonchev–Trinajstić information content (AvgIpc) is 3.17. The third kappa shape index (κ3) is 4.35. The molecule has 0 atom stereocenters. The first-order valence-corrected chi connectivity index (χ1v) is 11.6. The van der Waals surface area contributed by atoms with Crippen LogP contribution >= 0.6 is 11.6 Å². The Kier molecular flexibility index (Phi) is 5.96. The van der Waals surface area contributed by atoms with Crippen LogP contribution in [0.1, 0.15) is 33.5 Å². The van der Waals surface area contributed by atoms with Crippen molar-refractivity contribution in [2.24, 2.45) is 0 Å². The Labute approximate surface area is 192 Å². The van der Waals surface area contributed by atoms with Crippen LogP contribution in [-0.2, 0) is 9.84 Å². The minimum atomic E-state index is -3.79. The van der Waals surface area contributed by atoms with E-state index < -0.39 is 32.5 Å². The minimum Gasteiger partial charge on any atom is -0.450 e. The molecule has 0 aliphatic heterocycles. The number of fused-ring (bicyclic) bond motifs is 1. The van der Waals surface area contributed by atoms with Crippen LogP contribution in [0.25, 0.3) is 11.0 Å². The van der Waals surface area contributed by atoms with Gasteiger partial charge in [-0.1, -0.05) is 30.7 Å². The number of ketones is 1. The molecule has 1 amide bonds. The highest BCUT2D eigenvalue weighted by Crippen LogP contribution is 2.33. The maximum Gasteiger partial charge on any atom is 0.276 e. The Morgan fingerprint density at radius 3 is 2.52 bits per heavy atom. The predicted molar refractivity (Wildman–Crippen MR) is 119 cm³/mol. The summed E-state index contributed by atoms with van der Waals surface area (Å²) in [5.41, 5.74) is 0.118. The van der Waals surface area contributed by atoms with Gasteiger partial charge in [0.15, 0.2) is 11.5 Å². The monoisotopic (exact) mass is 487 g/mol. The fraction of sp³-hybridized carbons (Fsp3) is 0.0909. The summed E-state index contributed by atoms with van der Waals surface area (Å²) < 4.78 is 43.2. The summed E-state index contributed by atoms with van der Waals surface area (Å²) in [6.07, 6.45) is 1.02. The van der Waals surface area contributed by atoms with Crippen molar-refractivity contribution in [2.45, 2.75) is 12.1 Å². The molecule has 0 unspecified atom stereocenters. The first kappa shape index (κ1) is 22.6. The number of rotatable bonds is 6. The number of furan rings is 1. The molecular weight excluding hydrogens is 473 g/mol. The second kappa shape index (κ2) is 8.72. The molecule has 0 spiro atoms. The molecule has 4 rings (SSSR count). The highest BCUT2D eigenvalue weighted by atomic mass is 35.5. The maximum atomic E-state index is 13.3. The molecule has 0 aliphatic rings. The van der Waals surface area contributed by atoms with Gasteiger partial charge in [0.2, 0.25) is 20.8 Å². The summed E-state index contributed by atoms with van der Waals surface area (Å²) in [7, 11) is -3.79. The van der Waals surface area contributed by atoms with E-state index >= 15 is 0 Å². The van der Waals surface area contributed by atoms with E-state index in [4.69, 9.17) is 16.0 Å². The van der Waals surface area contributed by atoms with Crippen LogP contribution in [0.3, 0.4) is 0 Å². The molecule has 0 radical (unpaired) electrons. The lowest BCUT2D eigenvalue weighted by Crippen LogP contribution is -2.19. The van der Waals surface area contributed by atoms with Crippen LogP contribution in [-0.4, -0.2) is 35.8 Å². The van der Waals surface area contributed by atoms with E-state index in [-0.39, 0.29) is 33.5 Å². The lowest BCUT2D eigenvalue weighted by Gasteiger charge is -2.08. The lowest BCUT2D eigenvalue weighted by molar-refractivity contribution is 0.101. The van der Waals surface area contributed by atoms with Crippen molar-refractivity contribution in [1.29, 1.82) is 0 Å². The summed E-state index contributed by atoms with van der Waals surface area (Å²) in [6.45, 7) is 1.41. The second-order valence-electron chi connectivity index (χ2n) is 6.85. The van der Waals surface area contributed by atoms with Gasteiger partial charge >= 0.3 is 0 Å². The van der Waals surface area contributed by atoms with Gasteiger partial charge in [-0.2, -0.15) is 0 Å². The van der Waals surface area contributed by atoms with Gasteiger partial charge in [-0.05, 0) is 36.4 Å². The van der Waals surface area contributed by atoms with Crippen molar-refractivity contribution in [3.63, 3.8) is 0 Å². The van der Waals surface area contributed by atoms with Gasteiger partial charge in [0.1, 0.15) is 11.4 Å². The van der Waals surface area contributed by atoms with E-state index in [1.54, 1.807) is 24.3 Å². The summed E-state index contributed by atoms with van der Waals surface area (Å²) in [6, 6.07) is 11.4. The number of carbonyl (C=O) groups is 2. The van der Waals surface area contributed by atoms with Gasteiger partial charge in [0.25, 0.3) is 5.91 Å². The van der Waals surface area contributed by atoms with E-state index in [2.05, 4.69) is 15.3 Å². The summed E-state index contributed by atoms with van der Waals surface area (Å²) in [5.74, 6) is -2.43. The fourth-order valence-corrected chi connectivity index (χ4v) is 3.90. The number of benzene rings is 2. The van der Waals surface area contributed by atoms with Crippen molar-refractivity contribution >= 4 is 49.8 Å². The predicted octanol–water partition coefficient (Wildman–Crippen LogP) is 4.29. The fourth-order valence-electron chi connectivity index (χ4n) is 3.02. The Morgan fingerprint density at radius 1 is 1.12 bits per heavy atom. The number of nitrogens with zero attached hydrogens (tertiary/aromatic N) is 2. The third-order valence-corrected chi connectivity index (χ3v) is 6.53. The van der Waals surface area contributed by atoms with Crippen molar-refractivity contribution in [3.8, 4) is 0 Å². The quantitative estimate of drug-likeness (QED) is 0.318. The average molecular weight is 488 g/mol. The number of nitrogens with one attached hydrogen (secondary N) is 1. The third-order valence-electron chi connectivity index (χ3n) is 4.74. The second-order valence-corrected chi connectivity index (χ2v) is 9.42.